The van der Waals surface area contributed by atoms with Crippen molar-refractivity contribution in [2.75, 3.05) is 24.6 Å². The number of hydrogen-bond acceptors (Lipinski definition) is 3. The average Bonchev–Trinajstić information content (AvgIpc) is 2.21. The Balaban J connectivity index is 2.47. The van der Waals surface area contributed by atoms with Gasteiger partial charge < -0.3 is 16.4 Å². The van der Waals surface area contributed by atoms with E-state index < -0.39 is 0 Å². The number of benzene rings is 1. The molecule has 0 aliphatic heterocycles. The lowest BCUT2D eigenvalue weighted by molar-refractivity contribution is -0.120. The molecule has 0 radical (unpaired) electrons. The van der Waals surface area contributed by atoms with Crippen LogP contribution in [0.25, 0.3) is 0 Å². The zero-order valence-corrected chi connectivity index (χ0v) is 9.13. The van der Waals surface area contributed by atoms with E-state index in [0.29, 0.717) is 18.7 Å². The number of anilines is 2. The molecule has 0 saturated heterocycles. The van der Waals surface area contributed by atoms with Crippen molar-refractivity contribution in [1.82, 2.24) is 5.32 Å². The number of carbonyl (C=O) groups is 1. The average molecular weight is 207 g/mol. The molecule has 1 aromatic carbocycles. The van der Waals surface area contributed by atoms with Crippen molar-refractivity contribution in [3.63, 3.8) is 0 Å². The number of rotatable bonds is 4. The van der Waals surface area contributed by atoms with Crippen LogP contribution in [0.3, 0.4) is 0 Å². The third kappa shape index (κ3) is 3.50. The summed E-state index contributed by atoms with van der Waals surface area (Å²) in [5, 5.41) is 5.68. The van der Waals surface area contributed by atoms with Gasteiger partial charge in [-0.3, -0.25) is 4.79 Å². The Morgan fingerprint density at radius 2 is 2.20 bits per heavy atom. The fourth-order valence-electron chi connectivity index (χ4n) is 1.28. The minimum atomic E-state index is 0.0215. The molecule has 0 aliphatic rings. The van der Waals surface area contributed by atoms with Crippen molar-refractivity contribution in [3.05, 3.63) is 23.8 Å². The topological polar surface area (TPSA) is 67.2 Å². The fraction of sp³-hybridized carbons (Fsp3) is 0.364. The summed E-state index contributed by atoms with van der Waals surface area (Å²) in [5.41, 5.74) is 8.53. The number of amides is 1. The molecule has 4 heteroatoms. The lowest BCUT2D eigenvalue weighted by Gasteiger charge is -2.09. The number of nitrogens with two attached hydrogens (primary N) is 1. The standard InChI is InChI=1S/C11H17N3O/c1-8-3-4-10(9(12)7-8)14-6-5-11(15)13-2/h3-4,7,14H,5-6,12H2,1-2H3,(H,13,15). The summed E-state index contributed by atoms with van der Waals surface area (Å²) in [6.07, 6.45) is 0.448. The quantitative estimate of drug-likeness (QED) is 0.648. The number of carbonyl (C=O) groups excluding carboxylic acids is 1. The molecular weight excluding hydrogens is 190 g/mol. The van der Waals surface area contributed by atoms with Gasteiger partial charge in [0.05, 0.1) is 11.4 Å². The Morgan fingerprint density at radius 1 is 1.47 bits per heavy atom. The molecule has 15 heavy (non-hydrogen) atoms. The SMILES string of the molecule is CNC(=O)CCNc1ccc(C)cc1N. The fourth-order valence-corrected chi connectivity index (χ4v) is 1.28. The molecule has 0 heterocycles. The van der Waals surface area contributed by atoms with Crippen LogP contribution in [0.2, 0.25) is 0 Å². The van der Waals surface area contributed by atoms with Crippen molar-refractivity contribution >= 4 is 17.3 Å². The smallest absolute Gasteiger partial charge is 0.221 e. The Bertz CT molecular complexity index is 350. The zero-order valence-electron chi connectivity index (χ0n) is 9.13. The lowest BCUT2D eigenvalue weighted by atomic mass is 10.2. The number of nitrogens with one attached hydrogen (secondary N) is 2. The molecule has 82 valence electrons. The van der Waals surface area contributed by atoms with E-state index in [4.69, 9.17) is 5.73 Å². The summed E-state index contributed by atoms with van der Waals surface area (Å²) in [6, 6.07) is 5.81. The van der Waals surface area contributed by atoms with Crippen LogP contribution in [0.15, 0.2) is 18.2 Å². The molecule has 0 aromatic heterocycles. The van der Waals surface area contributed by atoms with Gasteiger partial charge >= 0.3 is 0 Å². The molecule has 1 aromatic rings. The molecule has 1 rings (SSSR count). The van der Waals surface area contributed by atoms with Crippen molar-refractivity contribution in [3.8, 4) is 0 Å². The van der Waals surface area contributed by atoms with Crippen molar-refractivity contribution in [2.24, 2.45) is 0 Å². The van der Waals surface area contributed by atoms with E-state index in [1.54, 1.807) is 7.05 Å². The highest BCUT2D eigenvalue weighted by Gasteiger charge is 2.00. The summed E-state index contributed by atoms with van der Waals surface area (Å²) >= 11 is 0. The van der Waals surface area contributed by atoms with E-state index in [0.717, 1.165) is 11.3 Å². The first-order valence-corrected chi connectivity index (χ1v) is 4.94. The summed E-state index contributed by atoms with van der Waals surface area (Å²) in [5.74, 6) is 0.0215. The maximum Gasteiger partial charge on any atom is 0.221 e. The molecule has 4 N–H and O–H groups in total. The molecule has 0 unspecified atom stereocenters. The van der Waals surface area contributed by atoms with Crippen LogP contribution < -0.4 is 16.4 Å². The Hall–Kier alpha value is -1.71. The van der Waals surface area contributed by atoms with Gasteiger partial charge in [-0.1, -0.05) is 6.07 Å². The summed E-state index contributed by atoms with van der Waals surface area (Å²) in [6.45, 7) is 2.58. The second-order valence-electron chi connectivity index (χ2n) is 3.44. The van der Waals surface area contributed by atoms with Gasteiger partial charge in [-0.2, -0.15) is 0 Å². The van der Waals surface area contributed by atoms with Gasteiger partial charge in [-0.05, 0) is 24.6 Å². The minimum Gasteiger partial charge on any atom is -0.397 e. The van der Waals surface area contributed by atoms with Crippen LogP contribution in [0.1, 0.15) is 12.0 Å². The maximum absolute atomic E-state index is 11.0. The largest absolute Gasteiger partial charge is 0.397 e. The first-order valence-electron chi connectivity index (χ1n) is 4.94. The van der Waals surface area contributed by atoms with Gasteiger partial charge in [-0.15, -0.1) is 0 Å². The van der Waals surface area contributed by atoms with Gasteiger partial charge in [0, 0.05) is 20.0 Å². The summed E-state index contributed by atoms with van der Waals surface area (Å²) < 4.78 is 0. The highest BCUT2D eigenvalue weighted by atomic mass is 16.1. The number of aryl methyl sites for hydroxylation is 1. The third-order valence-electron chi connectivity index (χ3n) is 2.15. The van der Waals surface area contributed by atoms with Gasteiger partial charge in [-0.25, -0.2) is 0 Å². The van der Waals surface area contributed by atoms with Crippen LogP contribution in [-0.2, 0) is 4.79 Å². The highest BCUT2D eigenvalue weighted by molar-refractivity contribution is 5.76. The molecule has 0 bridgehead atoms. The van der Waals surface area contributed by atoms with E-state index in [2.05, 4.69) is 10.6 Å². The van der Waals surface area contributed by atoms with E-state index in [1.807, 2.05) is 25.1 Å². The van der Waals surface area contributed by atoms with E-state index in [1.165, 1.54) is 0 Å². The highest BCUT2D eigenvalue weighted by Crippen LogP contribution is 2.18. The van der Waals surface area contributed by atoms with Crippen LogP contribution in [0.5, 0.6) is 0 Å². The minimum absolute atomic E-state index is 0.0215. The second-order valence-corrected chi connectivity index (χ2v) is 3.44. The Labute approximate surface area is 89.9 Å². The molecule has 0 atom stereocenters. The predicted octanol–water partition coefficient (Wildman–Crippen LogP) is 1.13. The van der Waals surface area contributed by atoms with Crippen molar-refractivity contribution in [1.29, 1.82) is 0 Å². The van der Waals surface area contributed by atoms with Gasteiger partial charge in [0.1, 0.15) is 0 Å². The van der Waals surface area contributed by atoms with Gasteiger partial charge in [0.15, 0.2) is 0 Å². The molecule has 0 spiro atoms. The monoisotopic (exact) mass is 207 g/mol. The molecule has 0 saturated carbocycles. The molecule has 0 fully saturated rings. The van der Waals surface area contributed by atoms with Crippen LogP contribution in [0, 0.1) is 6.92 Å². The Morgan fingerprint density at radius 3 is 2.80 bits per heavy atom. The molecule has 4 nitrogen and oxygen atoms in total. The molecule has 1 amide bonds. The predicted molar refractivity (Wildman–Crippen MR) is 62.8 cm³/mol. The first-order chi connectivity index (χ1) is 7.13. The maximum atomic E-state index is 11.0. The van der Waals surface area contributed by atoms with Crippen LogP contribution in [0.4, 0.5) is 11.4 Å². The molecule has 0 aliphatic carbocycles. The number of hydrogen-bond donors (Lipinski definition) is 3. The normalized spacial score (nSPS) is 9.73. The van der Waals surface area contributed by atoms with Crippen LogP contribution >= 0.6 is 0 Å². The number of nitrogen functional groups attached to an aromatic ring is 1. The van der Waals surface area contributed by atoms with Crippen molar-refractivity contribution in [2.45, 2.75) is 13.3 Å². The van der Waals surface area contributed by atoms with Crippen LogP contribution in [-0.4, -0.2) is 19.5 Å². The zero-order chi connectivity index (χ0) is 11.3. The lowest BCUT2D eigenvalue weighted by Crippen LogP contribution is -2.21. The van der Waals surface area contributed by atoms with Crippen molar-refractivity contribution < 1.29 is 4.79 Å². The van der Waals surface area contributed by atoms with E-state index in [9.17, 15) is 4.79 Å². The first kappa shape index (κ1) is 11.4. The Kier molecular flexibility index (Phi) is 3.97. The van der Waals surface area contributed by atoms with E-state index in [-0.39, 0.29) is 5.91 Å². The summed E-state index contributed by atoms with van der Waals surface area (Å²) in [7, 11) is 1.63. The van der Waals surface area contributed by atoms with Gasteiger partial charge in [0.2, 0.25) is 5.91 Å². The second kappa shape index (κ2) is 5.24. The summed E-state index contributed by atoms with van der Waals surface area (Å²) in [4.78, 5) is 11.0. The third-order valence-corrected chi connectivity index (χ3v) is 2.15. The van der Waals surface area contributed by atoms with Gasteiger partial charge in [0.25, 0.3) is 0 Å². The molecular formula is C11H17N3O. The van der Waals surface area contributed by atoms with E-state index >= 15 is 0 Å².